The topological polar surface area (TPSA) is 20.2 Å². The number of fused-ring (bicyclic) bond motifs is 2. The van der Waals surface area contributed by atoms with Gasteiger partial charge in [-0.1, -0.05) is 54.7 Å². The van der Waals surface area contributed by atoms with E-state index in [9.17, 15) is 5.11 Å². The van der Waals surface area contributed by atoms with E-state index < -0.39 is 8.80 Å². The summed E-state index contributed by atoms with van der Waals surface area (Å²) in [5, 5.41) is 12.2. The predicted octanol–water partition coefficient (Wildman–Crippen LogP) is 2.63. The van der Waals surface area contributed by atoms with Gasteiger partial charge in [0.1, 0.15) is 0 Å². The minimum atomic E-state index is -0.863. The predicted molar refractivity (Wildman–Crippen MR) is 78.8 cm³/mol. The van der Waals surface area contributed by atoms with Gasteiger partial charge in [-0.2, -0.15) is 0 Å². The van der Waals surface area contributed by atoms with E-state index in [2.05, 4.69) is 49.5 Å². The van der Waals surface area contributed by atoms with Crippen molar-refractivity contribution in [3.05, 3.63) is 42.0 Å². The third-order valence-electron chi connectivity index (χ3n) is 4.67. The Morgan fingerprint density at radius 1 is 1.17 bits per heavy atom. The second-order valence-corrected chi connectivity index (χ2v) is 9.10. The van der Waals surface area contributed by atoms with Crippen LogP contribution in [-0.2, 0) is 0 Å². The molecular weight excluding hydrogens is 236 g/mol. The lowest BCUT2D eigenvalue weighted by atomic mass is 9.85. The highest BCUT2D eigenvalue weighted by atomic mass is 28.3. The molecule has 0 saturated heterocycles. The smallest absolute Gasteiger partial charge is 0.0822 e. The molecule has 1 saturated carbocycles. The normalized spacial score (nSPS) is 31.2. The summed E-state index contributed by atoms with van der Waals surface area (Å²) in [4.78, 5) is 0. The molecule has 0 heterocycles. The Hall–Kier alpha value is -0.863. The number of allylic oxidation sites excluding steroid dienone is 2. The van der Waals surface area contributed by atoms with Crippen LogP contribution in [0.15, 0.2) is 36.4 Å². The van der Waals surface area contributed by atoms with Gasteiger partial charge in [-0.3, -0.25) is 0 Å². The molecule has 4 atom stereocenters. The number of hydrogen-bond acceptors (Lipinski definition) is 1. The highest BCUT2D eigenvalue weighted by Crippen LogP contribution is 2.48. The summed E-state index contributed by atoms with van der Waals surface area (Å²) in [6.07, 6.45) is 6.87. The lowest BCUT2D eigenvalue weighted by Crippen LogP contribution is -2.31. The third kappa shape index (κ3) is 1.98. The second kappa shape index (κ2) is 4.67. The molecule has 2 aliphatic carbocycles. The number of benzene rings is 1. The quantitative estimate of drug-likeness (QED) is 0.653. The zero-order valence-corrected chi connectivity index (χ0v) is 12.4. The molecule has 0 spiro atoms. The summed E-state index contributed by atoms with van der Waals surface area (Å²) in [5.41, 5.74) is 1.21. The summed E-state index contributed by atoms with van der Waals surface area (Å²) in [6, 6.07) is 8.54. The number of aliphatic hydroxyl groups is 1. The van der Waals surface area contributed by atoms with E-state index in [-0.39, 0.29) is 6.10 Å². The number of hydrogen-bond donors (Lipinski definition) is 1. The maximum absolute atomic E-state index is 10.8. The molecule has 96 valence electrons. The zero-order chi connectivity index (χ0) is 12.7. The average Bonchev–Trinajstić information content (AvgIpc) is 3.00. The van der Waals surface area contributed by atoms with Crippen LogP contribution in [0, 0.1) is 17.8 Å². The Morgan fingerprint density at radius 2 is 1.94 bits per heavy atom. The van der Waals surface area contributed by atoms with Gasteiger partial charge in [0.2, 0.25) is 0 Å². The molecule has 0 aromatic heterocycles. The van der Waals surface area contributed by atoms with Crippen molar-refractivity contribution >= 4 is 14.0 Å². The van der Waals surface area contributed by atoms with Crippen molar-refractivity contribution in [1.29, 1.82) is 0 Å². The van der Waals surface area contributed by atoms with Crippen LogP contribution in [0.25, 0.3) is 0 Å². The molecule has 4 unspecified atom stereocenters. The second-order valence-electron chi connectivity index (χ2n) is 6.17. The summed E-state index contributed by atoms with van der Waals surface area (Å²) in [5.74, 6) is 1.80. The molecule has 2 bridgehead atoms. The first-order valence-corrected chi connectivity index (χ1v) is 10.0. The maximum atomic E-state index is 10.8. The van der Waals surface area contributed by atoms with E-state index in [0.29, 0.717) is 11.8 Å². The highest BCUT2D eigenvalue weighted by molar-refractivity contribution is 6.71. The first-order valence-electron chi connectivity index (χ1n) is 7.12. The molecule has 1 nitrogen and oxygen atoms in total. The third-order valence-corrected chi connectivity index (χ3v) is 6.44. The van der Waals surface area contributed by atoms with Crippen LogP contribution >= 0.6 is 0 Å². The van der Waals surface area contributed by atoms with Gasteiger partial charge >= 0.3 is 0 Å². The first-order chi connectivity index (χ1) is 8.66. The summed E-state index contributed by atoms with van der Waals surface area (Å²) in [6.45, 7) is 4.68. The maximum Gasteiger partial charge on any atom is 0.0822 e. The van der Waals surface area contributed by atoms with E-state index in [0.717, 1.165) is 5.92 Å². The van der Waals surface area contributed by atoms with E-state index in [1.165, 1.54) is 23.6 Å². The lowest BCUT2D eigenvalue weighted by molar-refractivity contribution is 0.0944. The van der Waals surface area contributed by atoms with Crippen molar-refractivity contribution in [3.63, 3.8) is 0 Å². The molecule has 2 heteroatoms. The van der Waals surface area contributed by atoms with Crippen LogP contribution in [0.2, 0.25) is 13.1 Å². The van der Waals surface area contributed by atoms with Crippen molar-refractivity contribution in [2.24, 2.45) is 17.8 Å². The van der Waals surface area contributed by atoms with Gasteiger partial charge in [0.05, 0.1) is 14.9 Å². The van der Waals surface area contributed by atoms with Crippen molar-refractivity contribution in [2.75, 3.05) is 0 Å². The fraction of sp³-hybridized carbons (Fsp3) is 0.500. The SMILES string of the molecule is C[SiH](C)c1ccccc1C(O)C1CC2C=CC1C2. The van der Waals surface area contributed by atoms with Crippen LogP contribution in [0.4, 0.5) is 0 Å². The molecule has 1 aromatic rings. The Bertz CT molecular complexity index is 466. The fourth-order valence-corrected chi connectivity index (χ4v) is 5.15. The van der Waals surface area contributed by atoms with Gasteiger partial charge in [-0.25, -0.2) is 0 Å². The fourth-order valence-electron chi connectivity index (χ4n) is 3.72. The zero-order valence-electron chi connectivity index (χ0n) is 11.2. The van der Waals surface area contributed by atoms with Gasteiger partial charge in [0.15, 0.2) is 0 Å². The van der Waals surface area contributed by atoms with Crippen molar-refractivity contribution in [3.8, 4) is 0 Å². The van der Waals surface area contributed by atoms with Crippen LogP contribution < -0.4 is 5.19 Å². The molecule has 0 aliphatic heterocycles. The minimum Gasteiger partial charge on any atom is -0.388 e. The standard InChI is InChI=1S/C16H22OSi/c1-18(2)15-6-4-3-5-13(15)16(17)14-10-11-7-8-12(14)9-11/h3-8,11-12,14,16-18H,9-10H2,1-2H3. The van der Waals surface area contributed by atoms with Crippen LogP contribution in [0.1, 0.15) is 24.5 Å². The number of rotatable bonds is 3. The molecule has 0 amide bonds. The summed E-state index contributed by atoms with van der Waals surface area (Å²) >= 11 is 0. The van der Waals surface area contributed by atoms with E-state index in [4.69, 9.17) is 0 Å². The molecule has 1 fully saturated rings. The number of aliphatic hydroxyl groups excluding tert-OH is 1. The van der Waals surface area contributed by atoms with E-state index in [1.54, 1.807) is 0 Å². The largest absolute Gasteiger partial charge is 0.388 e. The van der Waals surface area contributed by atoms with Gasteiger partial charge in [0, 0.05) is 0 Å². The molecule has 2 aliphatic rings. The molecule has 18 heavy (non-hydrogen) atoms. The van der Waals surface area contributed by atoms with E-state index in [1.807, 2.05) is 0 Å². The molecule has 1 aromatic carbocycles. The molecule has 0 radical (unpaired) electrons. The summed E-state index contributed by atoms with van der Waals surface area (Å²) < 4.78 is 0. The van der Waals surface area contributed by atoms with E-state index >= 15 is 0 Å². The summed E-state index contributed by atoms with van der Waals surface area (Å²) in [7, 11) is -0.863. The average molecular weight is 258 g/mol. The highest BCUT2D eigenvalue weighted by Gasteiger charge is 2.40. The minimum absolute atomic E-state index is 0.254. The van der Waals surface area contributed by atoms with Crippen LogP contribution in [0.5, 0.6) is 0 Å². The van der Waals surface area contributed by atoms with Crippen LogP contribution in [0.3, 0.4) is 0 Å². The molecule has 1 N–H and O–H groups in total. The Morgan fingerprint density at radius 3 is 2.56 bits per heavy atom. The molecule has 3 rings (SSSR count). The monoisotopic (exact) mass is 258 g/mol. The first kappa shape index (κ1) is 12.2. The van der Waals surface area contributed by atoms with Crippen molar-refractivity contribution in [2.45, 2.75) is 32.0 Å². The van der Waals surface area contributed by atoms with Gasteiger partial charge in [-0.05, 0) is 36.2 Å². The van der Waals surface area contributed by atoms with Gasteiger partial charge in [0.25, 0.3) is 0 Å². The lowest BCUT2D eigenvalue weighted by Gasteiger charge is -2.27. The van der Waals surface area contributed by atoms with Crippen LogP contribution in [-0.4, -0.2) is 13.9 Å². The van der Waals surface area contributed by atoms with Gasteiger partial charge in [-0.15, -0.1) is 0 Å². The van der Waals surface area contributed by atoms with Gasteiger partial charge < -0.3 is 5.11 Å². The molecular formula is C16H22OSi. The van der Waals surface area contributed by atoms with Crippen molar-refractivity contribution < 1.29 is 5.11 Å². The van der Waals surface area contributed by atoms with Crippen molar-refractivity contribution in [1.82, 2.24) is 0 Å². The Balaban J connectivity index is 1.88. The Kier molecular flexibility index (Phi) is 3.16. The Labute approximate surface area is 111 Å².